The molecule has 1 heteroatoms. The topological polar surface area (TPSA) is 17.1 Å². The lowest BCUT2D eigenvalue weighted by atomic mass is 9.64. The van der Waals surface area contributed by atoms with Gasteiger partial charge in [-0.15, -0.1) is 0 Å². The Hall–Kier alpha value is -1.37. The summed E-state index contributed by atoms with van der Waals surface area (Å²) < 4.78 is 0. The molecule has 4 unspecified atom stereocenters. The van der Waals surface area contributed by atoms with Crippen LogP contribution < -0.4 is 0 Å². The molecule has 0 aromatic rings. The lowest BCUT2D eigenvalue weighted by Gasteiger charge is -2.39. The molecule has 7 aliphatic carbocycles. The Morgan fingerprint density at radius 1 is 1.05 bits per heavy atom. The third-order valence-electron chi connectivity index (χ3n) is 7.73. The zero-order valence-corrected chi connectivity index (χ0v) is 13.0. The van der Waals surface area contributed by atoms with Gasteiger partial charge in [0.15, 0.2) is 0 Å². The van der Waals surface area contributed by atoms with Crippen LogP contribution in [0.4, 0.5) is 0 Å². The summed E-state index contributed by atoms with van der Waals surface area (Å²) in [6.45, 7) is 0. The Labute approximate surface area is 131 Å². The summed E-state index contributed by atoms with van der Waals surface area (Å²) in [6, 6.07) is 0. The van der Waals surface area contributed by atoms with Gasteiger partial charge in [-0.2, -0.15) is 0 Å². The largest absolute Gasteiger partial charge is 0.299 e. The fraction of sp³-hybridized carbons (Fsp3) is 0.571. The van der Waals surface area contributed by atoms with Gasteiger partial charge in [-0.3, -0.25) is 4.79 Å². The summed E-state index contributed by atoms with van der Waals surface area (Å²) in [5, 5.41) is 0. The number of hydrogen-bond acceptors (Lipinski definition) is 1. The minimum Gasteiger partial charge on any atom is -0.299 e. The Morgan fingerprint density at radius 2 is 2.00 bits per heavy atom. The van der Waals surface area contributed by atoms with Gasteiger partial charge in [-0.1, -0.05) is 40.5 Å². The number of Topliss-reactive ketones (excluding diaryl/α,β-unsaturated/α-hetero) is 1. The minimum atomic E-state index is 0.131. The van der Waals surface area contributed by atoms with Crippen molar-refractivity contribution in [3.8, 4) is 0 Å². The summed E-state index contributed by atoms with van der Waals surface area (Å²) in [5.74, 6) is 2.15. The molecule has 0 saturated heterocycles. The van der Waals surface area contributed by atoms with Crippen LogP contribution in [0.25, 0.3) is 0 Å². The number of hydrogen-bond donors (Lipinski definition) is 0. The third kappa shape index (κ3) is 1.19. The van der Waals surface area contributed by atoms with Crippen LogP contribution in [0.15, 0.2) is 46.1 Å². The first kappa shape index (κ1) is 12.1. The maximum absolute atomic E-state index is 12.8. The highest BCUT2D eigenvalue weighted by molar-refractivity contribution is 5.90. The molecule has 7 aliphatic rings. The van der Waals surface area contributed by atoms with E-state index in [9.17, 15) is 4.79 Å². The number of ketones is 1. The van der Waals surface area contributed by atoms with Crippen molar-refractivity contribution in [2.75, 3.05) is 0 Å². The Kier molecular flexibility index (Phi) is 2.06. The standard InChI is InChI=1S/C21H22O/c22-19-7-6-17-15-3-1-2-14(20(15)19)12-4-5-18-16(10-12)13-8-9-21(17,18)11-13/h1-3,12-13,20H,4-11H2. The van der Waals surface area contributed by atoms with E-state index >= 15 is 0 Å². The zero-order valence-electron chi connectivity index (χ0n) is 13.0. The van der Waals surface area contributed by atoms with Crippen molar-refractivity contribution in [3.05, 3.63) is 46.1 Å². The van der Waals surface area contributed by atoms with E-state index in [-0.39, 0.29) is 5.92 Å². The van der Waals surface area contributed by atoms with E-state index < -0.39 is 0 Å². The van der Waals surface area contributed by atoms with E-state index in [4.69, 9.17) is 0 Å². The van der Waals surface area contributed by atoms with Crippen molar-refractivity contribution in [1.29, 1.82) is 0 Å². The van der Waals surface area contributed by atoms with E-state index in [0.29, 0.717) is 17.1 Å². The fourth-order valence-electron chi connectivity index (χ4n) is 6.98. The van der Waals surface area contributed by atoms with Crippen LogP contribution in [0.5, 0.6) is 0 Å². The first-order valence-electron chi connectivity index (χ1n) is 9.15. The minimum absolute atomic E-state index is 0.131. The van der Waals surface area contributed by atoms with Gasteiger partial charge >= 0.3 is 0 Å². The van der Waals surface area contributed by atoms with Crippen molar-refractivity contribution in [2.24, 2.45) is 23.2 Å². The van der Waals surface area contributed by atoms with Gasteiger partial charge in [0.05, 0.1) is 5.92 Å². The maximum Gasteiger partial charge on any atom is 0.144 e. The number of rotatable bonds is 0. The quantitative estimate of drug-likeness (QED) is 0.593. The molecule has 1 fully saturated rings. The predicted molar refractivity (Wildman–Crippen MR) is 86.1 cm³/mol. The van der Waals surface area contributed by atoms with Crippen LogP contribution in [-0.4, -0.2) is 5.78 Å². The second kappa shape index (κ2) is 3.75. The molecule has 7 rings (SSSR count). The summed E-state index contributed by atoms with van der Waals surface area (Å²) in [4.78, 5) is 12.8. The molecule has 0 aliphatic heterocycles. The third-order valence-corrected chi connectivity index (χ3v) is 7.73. The van der Waals surface area contributed by atoms with E-state index in [0.717, 1.165) is 18.8 Å². The van der Waals surface area contributed by atoms with Gasteiger partial charge in [-0.05, 0) is 62.4 Å². The lowest BCUT2D eigenvalue weighted by Crippen LogP contribution is -2.31. The lowest BCUT2D eigenvalue weighted by molar-refractivity contribution is -0.121. The van der Waals surface area contributed by atoms with Crippen molar-refractivity contribution in [1.82, 2.24) is 0 Å². The molecular weight excluding hydrogens is 268 g/mol. The van der Waals surface area contributed by atoms with Crippen LogP contribution in [0, 0.1) is 23.2 Å². The van der Waals surface area contributed by atoms with Gasteiger partial charge in [-0.25, -0.2) is 0 Å². The number of carbonyl (C=O) groups is 1. The van der Waals surface area contributed by atoms with E-state index in [1.54, 1.807) is 5.57 Å². The monoisotopic (exact) mass is 290 g/mol. The molecule has 9 bridgehead atoms. The summed E-state index contributed by atoms with van der Waals surface area (Å²) in [7, 11) is 0. The smallest absolute Gasteiger partial charge is 0.144 e. The van der Waals surface area contributed by atoms with E-state index in [1.807, 2.05) is 11.1 Å². The van der Waals surface area contributed by atoms with Gasteiger partial charge in [0.1, 0.15) is 5.78 Å². The van der Waals surface area contributed by atoms with E-state index in [2.05, 4.69) is 18.2 Å². The molecule has 1 spiro atoms. The summed E-state index contributed by atoms with van der Waals surface area (Å²) in [6.07, 6.45) is 16.7. The van der Waals surface area contributed by atoms with Crippen LogP contribution in [0.1, 0.15) is 51.4 Å². The van der Waals surface area contributed by atoms with Crippen molar-refractivity contribution in [2.45, 2.75) is 51.4 Å². The molecule has 1 nitrogen and oxygen atoms in total. The van der Waals surface area contributed by atoms with Crippen LogP contribution >= 0.6 is 0 Å². The van der Waals surface area contributed by atoms with Crippen molar-refractivity contribution >= 4 is 5.78 Å². The second-order valence-corrected chi connectivity index (χ2v) is 8.32. The van der Waals surface area contributed by atoms with Crippen LogP contribution in [0.3, 0.4) is 0 Å². The SMILES string of the molecule is O=C1CCC2=C3C=CC=C(C4CCC5=C(C4)C4CCC52C4)C13. The van der Waals surface area contributed by atoms with Crippen LogP contribution in [0.2, 0.25) is 0 Å². The molecule has 112 valence electrons. The average molecular weight is 290 g/mol. The maximum atomic E-state index is 12.8. The highest BCUT2D eigenvalue weighted by Gasteiger charge is 2.56. The molecular formula is C21H22O. The molecule has 0 N–H and O–H groups in total. The molecule has 4 atom stereocenters. The van der Waals surface area contributed by atoms with Crippen molar-refractivity contribution < 1.29 is 4.79 Å². The van der Waals surface area contributed by atoms with Gasteiger partial charge in [0.25, 0.3) is 0 Å². The van der Waals surface area contributed by atoms with E-state index in [1.165, 1.54) is 49.7 Å². The highest BCUT2D eigenvalue weighted by atomic mass is 16.1. The highest BCUT2D eigenvalue weighted by Crippen LogP contribution is 2.68. The first-order chi connectivity index (χ1) is 10.8. The molecule has 0 amide bonds. The zero-order chi connectivity index (χ0) is 14.5. The predicted octanol–water partition coefficient (Wildman–Crippen LogP) is 4.67. The number of carbonyl (C=O) groups excluding carboxylic acids is 1. The summed E-state index contributed by atoms with van der Waals surface area (Å²) in [5.41, 5.74) is 8.65. The van der Waals surface area contributed by atoms with Crippen molar-refractivity contribution in [3.63, 3.8) is 0 Å². The molecule has 0 radical (unpaired) electrons. The number of fused-ring (bicyclic) bond motifs is 2. The average Bonchev–Trinajstić information content (AvgIpc) is 3.12. The van der Waals surface area contributed by atoms with Crippen LogP contribution in [-0.2, 0) is 4.79 Å². The Balaban J connectivity index is 1.72. The normalized spacial score (nSPS) is 44.3. The molecule has 0 aromatic carbocycles. The molecule has 22 heavy (non-hydrogen) atoms. The Bertz CT molecular complexity index is 744. The van der Waals surface area contributed by atoms with Gasteiger partial charge in [0.2, 0.25) is 0 Å². The van der Waals surface area contributed by atoms with Gasteiger partial charge < -0.3 is 0 Å². The molecule has 0 heterocycles. The second-order valence-electron chi connectivity index (χ2n) is 8.32. The number of allylic oxidation sites excluding steroid dienone is 8. The Morgan fingerprint density at radius 3 is 2.95 bits per heavy atom. The first-order valence-corrected chi connectivity index (χ1v) is 9.15. The fourth-order valence-corrected chi connectivity index (χ4v) is 6.98. The summed E-state index contributed by atoms with van der Waals surface area (Å²) >= 11 is 0. The van der Waals surface area contributed by atoms with Gasteiger partial charge in [0, 0.05) is 11.8 Å². The molecule has 1 saturated carbocycles. The molecule has 0 aromatic heterocycles.